The Labute approximate surface area is 242 Å². The molecule has 4 N–H and O–H groups in total. The maximum absolute atomic E-state index is 13.0. The highest BCUT2D eigenvalue weighted by Gasteiger charge is 2.24. The number of halogens is 4. The van der Waals surface area contributed by atoms with Crippen LogP contribution in [0, 0.1) is 6.92 Å². The summed E-state index contributed by atoms with van der Waals surface area (Å²) in [6.45, 7) is 1.78. The number of benzene rings is 4. The molecule has 0 amide bonds. The lowest BCUT2D eigenvalue weighted by Gasteiger charge is -2.15. The van der Waals surface area contributed by atoms with Crippen molar-refractivity contribution in [3.05, 3.63) is 74.2 Å². The van der Waals surface area contributed by atoms with Crippen molar-refractivity contribution in [2.24, 2.45) is 10.2 Å². The van der Waals surface area contributed by atoms with E-state index in [1.54, 1.807) is 19.1 Å². The lowest BCUT2D eigenvalue weighted by molar-refractivity contribution is 0.475. The quantitative estimate of drug-likeness (QED) is 0.0720. The predicted molar refractivity (Wildman–Crippen MR) is 150 cm³/mol. The van der Waals surface area contributed by atoms with Crippen molar-refractivity contribution in [1.29, 1.82) is 0 Å². The van der Waals surface area contributed by atoms with Crippen LogP contribution < -0.4 is 4.72 Å². The molecule has 0 fully saturated rings. The number of hydrogen-bond acceptors (Lipinski definition) is 8. The number of hydrogen-bond donors (Lipinski definition) is 4. The molecule has 0 aromatic heterocycles. The molecule has 0 heterocycles. The van der Waals surface area contributed by atoms with Crippen molar-refractivity contribution in [2.75, 3.05) is 4.72 Å². The summed E-state index contributed by atoms with van der Waals surface area (Å²) in [5.74, 6) is -1.37. The minimum atomic E-state index is -4.79. The van der Waals surface area contributed by atoms with E-state index >= 15 is 0 Å². The SMILES string of the molecule is Cc1ccc(S(=O)(=O)Nc2ccc(S(=O)(=O)O)c3ccc(N=Nc4c(O)c(Cl)c(Cl)c(Cl)c4Cl)c(O)c23)cc1. The molecule has 0 saturated carbocycles. The first-order chi connectivity index (χ1) is 18.1. The predicted octanol–water partition coefficient (Wildman–Crippen LogP) is 7.64. The van der Waals surface area contributed by atoms with Crippen LogP contribution in [-0.2, 0) is 20.1 Å². The molecule has 0 spiro atoms. The Bertz CT molecular complexity index is 1870. The fraction of sp³-hybridized carbons (Fsp3) is 0.0435. The highest BCUT2D eigenvalue weighted by Crippen LogP contribution is 2.50. The molecule has 0 radical (unpaired) electrons. The second-order valence-electron chi connectivity index (χ2n) is 8.01. The number of nitrogens with zero attached hydrogens (tertiary/aromatic N) is 2. The summed E-state index contributed by atoms with van der Waals surface area (Å²) in [7, 11) is -8.99. The van der Waals surface area contributed by atoms with Gasteiger partial charge in [-0.25, -0.2) is 8.42 Å². The van der Waals surface area contributed by atoms with Crippen LogP contribution in [0.15, 0.2) is 68.6 Å². The molecule has 0 bridgehead atoms. The number of aryl methyl sites for hydroxylation is 1. The Morgan fingerprint density at radius 2 is 1.36 bits per heavy atom. The van der Waals surface area contributed by atoms with Gasteiger partial charge in [0.2, 0.25) is 0 Å². The first-order valence-electron chi connectivity index (χ1n) is 10.5. The van der Waals surface area contributed by atoms with E-state index in [9.17, 15) is 31.6 Å². The van der Waals surface area contributed by atoms with Crippen LogP contribution in [0.1, 0.15) is 5.56 Å². The molecule has 39 heavy (non-hydrogen) atoms. The second-order valence-corrected chi connectivity index (χ2v) is 12.6. The van der Waals surface area contributed by atoms with Crippen LogP contribution in [-0.4, -0.2) is 31.6 Å². The Kier molecular flexibility index (Phi) is 7.94. The number of fused-ring (bicyclic) bond motifs is 1. The Morgan fingerprint density at radius 3 is 1.97 bits per heavy atom. The number of phenolic OH excluding ortho intramolecular Hbond substituents is 2. The van der Waals surface area contributed by atoms with Crippen molar-refractivity contribution >= 4 is 94.4 Å². The molecular formula is C23H15Cl4N3O7S2. The number of anilines is 1. The van der Waals surface area contributed by atoms with E-state index in [4.69, 9.17) is 46.4 Å². The third kappa shape index (κ3) is 5.59. The van der Waals surface area contributed by atoms with E-state index in [1.165, 1.54) is 18.2 Å². The van der Waals surface area contributed by atoms with E-state index < -0.39 is 36.5 Å². The molecule has 0 aliphatic rings. The first kappa shape index (κ1) is 29.2. The molecule has 4 aromatic rings. The van der Waals surface area contributed by atoms with Gasteiger partial charge >= 0.3 is 0 Å². The molecule has 0 aliphatic heterocycles. The first-order valence-corrected chi connectivity index (χ1v) is 14.9. The van der Waals surface area contributed by atoms with Gasteiger partial charge in [0.1, 0.15) is 21.3 Å². The normalized spacial score (nSPS) is 12.4. The van der Waals surface area contributed by atoms with Gasteiger partial charge in [-0.15, -0.1) is 10.2 Å². The topological polar surface area (TPSA) is 166 Å². The Balaban J connectivity index is 1.92. The summed E-state index contributed by atoms with van der Waals surface area (Å²) in [6, 6.07) is 10.2. The fourth-order valence-electron chi connectivity index (χ4n) is 3.51. The van der Waals surface area contributed by atoms with Crippen molar-refractivity contribution in [1.82, 2.24) is 0 Å². The second kappa shape index (κ2) is 10.6. The van der Waals surface area contributed by atoms with Gasteiger partial charge < -0.3 is 10.2 Å². The number of aromatic hydroxyl groups is 2. The summed E-state index contributed by atoms with van der Waals surface area (Å²) in [6.07, 6.45) is 0. The summed E-state index contributed by atoms with van der Waals surface area (Å²) >= 11 is 23.9. The molecule has 16 heteroatoms. The van der Waals surface area contributed by atoms with E-state index in [0.717, 1.165) is 23.8 Å². The Hall–Kier alpha value is -2.84. The van der Waals surface area contributed by atoms with Crippen molar-refractivity contribution in [3.8, 4) is 11.5 Å². The molecule has 0 unspecified atom stereocenters. The largest absolute Gasteiger partial charge is 0.505 e. The van der Waals surface area contributed by atoms with Crippen LogP contribution in [0.5, 0.6) is 11.5 Å². The molecule has 10 nitrogen and oxygen atoms in total. The maximum atomic E-state index is 13.0. The van der Waals surface area contributed by atoms with Crippen LogP contribution in [0.4, 0.5) is 17.1 Å². The van der Waals surface area contributed by atoms with E-state index in [2.05, 4.69) is 15.0 Å². The third-order valence-electron chi connectivity index (χ3n) is 5.42. The third-order valence-corrected chi connectivity index (χ3v) is 9.50. The summed E-state index contributed by atoms with van der Waals surface area (Å²) in [5.41, 5.74) is -0.101. The van der Waals surface area contributed by atoms with Crippen LogP contribution in [0.2, 0.25) is 20.1 Å². The summed E-state index contributed by atoms with van der Waals surface area (Å²) < 4.78 is 62.0. The molecule has 0 saturated heterocycles. The van der Waals surface area contributed by atoms with Crippen molar-refractivity contribution in [2.45, 2.75) is 16.7 Å². The van der Waals surface area contributed by atoms with Gasteiger partial charge in [-0.2, -0.15) is 8.42 Å². The number of azo groups is 1. The zero-order chi connectivity index (χ0) is 28.9. The van der Waals surface area contributed by atoms with Gasteiger partial charge in [0.25, 0.3) is 20.1 Å². The summed E-state index contributed by atoms with van der Waals surface area (Å²) in [5, 5.41) is 27.3. The maximum Gasteiger partial charge on any atom is 0.295 e. The molecule has 0 atom stereocenters. The number of nitrogens with one attached hydrogen (secondary N) is 1. The standard InChI is InChI=1S/C23H15Cl4N3O7S2/c1-10-2-4-11(5-3-10)38(33,34)30-13-8-9-15(39(35,36)37)12-6-7-14(22(31)16(12)13)28-29-21-19(26)17(24)18(25)20(27)23(21)32/h2-9,30-32H,1H3,(H,35,36,37). The number of sulfonamides is 1. The Morgan fingerprint density at radius 1 is 0.744 bits per heavy atom. The van der Waals surface area contributed by atoms with E-state index in [-0.39, 0.29) is 52.8 Å². The molecule has 4 aromatic carbocycles. The molecular weight excluding hydrogens is 636 g/mol. The zero-order valence-corrected chi connectivity index (χ0v) is 24.0. The van der Waals surface area contributed by atoms with Crippen LogP contribution >= 0.6 is 46.4 Å². The van der Waals surface area contributed by atoms with Gasteiger partial charge in [-0.1, -0.05) is 70.2 Å². The highest BCUT2D eigenvalue weighted by molar-refractivity contribution is 7.92. The molecule has 4 rings (SSSR count). The summed E-state index contributed by atoms with van der Waals surface area (Å²) in [4.78, 5) is -0.705. The van der Waals surface area contributed by atoms with Gasteiger partial charge in [0.05, 0.1) is 31.0 Å². The minimum Gasteiger partial charge on any atom is -0.505 e. The van der Waals surface area contributed by atoms with Gasteiger partial charge in [-0.05, 0) is 37.3 Å². The van der Waals surface area contributed by atoms with Crippen molar-refractivity contribution in [3.63, 3.8) is 0 Å². The molecule has 0 aliphatic carbocycles. The average Bonchev–Trinajstić information content (AvgIpc) is 2.86. The van der Waals surface area contributed by atoms with Gasteiger partial charge in [0, 0.05) is 5.39 Å². The lowest BCUT2D eigenvalue weighted by Crippen LogP contribution is -2.13. The van der Waals surface area contributed by atoms with Crippen LogP contribution in [0.25, 0.3) is 10.8 Å². The molecule has 204 valence electrons. The van der Waals surface area contributed by atoms with Crippen molar-refractivity contribution < 1.29 is 31.6 Å². The fourth-order valence-corrected chi connectivity index (χ4v) is 6.14. The lowest BCUT2D eigenvalue weighted by atomic mass is 10.1. The highest BCUT2D eigenvalue weighted by atomic mass is 35.5. The van der Waals surface area contributed by atoms with Gasteiger partial charge in [-0.3, -0.25) is 9.27 Å². The van der Waals surface area contributed by atoms with E-state index in [0.29, 0.717) is 0 Å². The van der Waals surface area contributed by atoms with Crippen LogP contribution in [0.3, 0.4) is 0 Å². The monoisotopic (exact) mass is 649 g/mol. The smallest absolute Gasteiger partial charge is 0.295 e. The van der Waals surface area contributed by atoms with E-state index in [1.807, 2.05) is 0 Å². The number of phenols is 2. The average molecular weight is 651 g/mol. The number of rotatable bonds is 6. The zero-order valence-electron chi connectivity index (χ0n) is 19.3. The van der Waals surface area contributed by atoms with Gasteiger partial charge in [0.15, 0.2) is 11.5 Å². The minimum absolute atomic E-state index is 0.1000.